The Hall–Kier alpha value is -2.52. The minimum Gasteiger partial charge on any atom is -0.488 e. The molecule has 0 bridgehead atoms. The molecule has 126 valence electrons. The zero-order chi connectivity index (χ0) is 17.2. The fourth-order valence-corrected chi connectivity index (χ4v) is 3.55. The summed E-state index contributed by atoms with van der Waals surface area (Å²) < 4.78 is 5.69. The number of ether oxygens (including phenoxy) is 1. The fraction of sp³-hybridized carbons (Fsp3) is 0.190. The molecule has 2 aromatic carbocycles. The van der Waals surface area contributed by atoms with E-state index in [4.69, 9.17) is 16.3 Å². The van der Waals surface area contributed by atoms with Crippen molar-refractivity contribution in [3.8, 4) is 5.75 Å². The van der Waals surface area contributed by atoms with Gasteiger partial charge in [0.05, 0.1) is 6.04 Å². The highest BCUT2D eigenvalue weighted by Crippen LogP contribution is 2.31. The molecule has 1 N–H and O–H groups in total. The Labute approximate surface area is 152 Å². The fourth-order valence-electron chi connectivity index (χ4n) is 3.37. The molecule has 0 saturated heterocycles. The Kier molecular flexibility index (Phi) is 4.33. The van der Waals surface area contributed by atoms with Gasteiger partial charge < -0.3 is 10.1 Å². The summed E-state index contributed by atoms with van der Waals surface area (Å²) in [5, 5.41) is 3.76. The maximum atomic E-state index is 12.3. The van der Waals surface area contributed by atoms with Gasteiger partial charge in [0, 0.05) is 16.7 Å². The van der Waals surface area contributed by atoms with E-state index in [1.165, 1.54) is 11.1 Å². The molecular formula is C21H18ClNO2. The number of hydrogen-bond acceptors (Lipinski definition) is 2. The van der Waals surface area contributed by atoms with Crippen molar-refractivity contribution in [1.29, 1.82) is 0 Å². The highest BCUT2D eigenvalue weighted by molar-refractivity contribution is 6.30. The number of aryl methyl sites for hydroxylation is 1. The van der Waals surface area contributed by atoms with Gasteiger partial charge in [-0.1, -0.05) is 41.9 Å². The van der Waals surface area contributed by atoms with Crippen LogP contribution < -0.4 is 10.1 Å². The van der Waals surface area contributed by atoms with Crippen LogP contribution >= 0.6 is 11.6 Å². The van der Waals surface area contributed by atoms with E-state index >= 15 is 0 Å². The third kappa shape index (κ3) is 3.47. The highest BCUT2D eigenvalue weighted by Gasteiger charge is 2.22. The van der Waals surface area contributed by atoms with Crippen LogP contribution in [-0.4, -0.2) is 12.5 Å². The Morgan fingerprint density at radius 1 is 1.24 bits per heavy atom. The second kappa shape index (κ2) is 6.77. The number of amides is 1. The summed E-state index contributed by atoms with van der Waals surface area (Å²) in [6, 6.07) is 13.9. The lowest BCUT2D eigenvalue weighted by Gasteiger charge is -2.16. The minimum absolute atomic E-state index is 0.0838. The smallest absolute Gasteiger partial charge is 0.244 e. The molecule has 1 amide bonds. The third-order valence-corrected chi connectivity index (χ3v) is 4.84. The van der Waals surface area contributed by atoms with Gasteiger partial charge in [-0.2, -0.15) is 0 Å². The molecule has 1 heterocycles. The first kappa shape index (κ1) is 16.0. The lowest BCUT2D eigenvalue weighted by atomic mass is 10.1. The molecule has 1 aliphatic heterocycles. The lowest BCUT2D eigenvalue weighted by molar-refractivity contribution is -0.117. The monoisotopic (exact) mass is 351 g/mol. The van der Waals surface area contributed by atoms with Gasteiger partial charge in [0.25, 0.3) is 0 Å². The van der Waals surface area contributed by atoms with E-state index in [-0.39, 0.29) is 11.9 Å². The highest BCUT2D eigenvalue weighted by atomic mass is 35.5. The normalized spacial score (nSPS) is 18.3. The number of benzene rings is 2. The molecule has 0 saturated carbocycles. The Balaban J connectivity index is 1.43. The number of hydrogen-bond donors (Lipinski definition) is 1. The maximum absolute atomic E-state index is 12.3. The van der Waals surface area contributed by atoms with Crippen molar-refractivity contribution in [3.05, 3.63) is 81.9 Å². The van der Waals surface area contributed by atoms with Gasteiger partial charge in [-0.05, 0) is 53.8 Å². The summed E-state index contributed by atoms with van der Waals surface area (Å²) in [4.78, 5) is 12.3. The van der Waals surface area contributed by atoms with Gasteiger partial charge in [0.1, 0.15) is 12.4 Å². The number of carbonyl (C=O) groups is 1. The Bertz CT molecular complexity index is 885. The molecule has 25 heavy (non-hydrogen) atoms. The van der Waals surface area contributed by atoms with Crippen molar-refractivity contribution in [1.82, 2.24) is 5.32 Å². The van der Waals surface area contributed by atoms with Gasteiger partial charge >= 0.3 is 0 Å². The van der Waals surface area contributed by atoms with Crippen molar-refractivity contribution in [2.75, 3.05) is 6.61 Å². The summed E-state index contributed by atoms with van der Waals surface area (Å²) >= 11 is 6.02. The van der Waals surface area contributed by atoms with Crippen molar-refractivity contribution in [2.24, 2.45) is 0 Å². The molecule has 1 atom stereocenters. The van der Waals surface area contributed by atoms with Crippen LogP contribution in [-0.2, 0) is 11.2 Å². The van der Waals surface area contributed by atoms with E-state index in [9.17, 15) is 4.79 Å². The first-order chi connectivity index (χ1) is 12.2. The topological polar surface area (TPSA) is 38.3 Å². The zero-order valence-electron chi connectivity index (χ0n) is 13.7. The van der Waals surface area contributed by atoms with E-state index < -0.39 is 0 Å². The molecule has 4 heteroatoms. The van der Waals surface area contributed by atoms with E-state index in [0.717, 1.165) is 29.7 Å². The maximum Gasteiger partial charge on any atom is 0.244 e. The van der Waals surface area contributed by atoms with E-state index in [0.29, 0.717) is 11.6 Å². The molecule has 4 rings (SSSR count). The summed E-state index contributed by atoms with van der Waals surface area (Å²) in [6.45, 7) is 0.449. The molecule has 0 spiro atoms. The minimum atomic E-state index is -0.0838. The number of carbonyl (C=O) groups excluding carboxylic acids is 1. The number of fused-ring (bicyclic) bond motifs is 2. The number of halogens is 1. The Morgan fingerprint density at radius 3 is 3.04 bits per heavy atom. The summed E-state index contributed by atoms with van der Waals surface area (Å²) in [6.07, 6.45) is 7.35. The van der Waals surface area contributed by atoms with Crippen LogP contribution in [0.5, 0.6) is 5.75 Å². The molecule has 3 nitrogen and oxygen atoms in total. The van der Waals surface area contributed by atoms with E-state index in [2.05, 4.69) is 17.4 Å². The first-order valence-electron chi connectivity index (χ1n) is 8.38. The van der Waals surface area contributed by atoms with Crippen LogP contribution in [0.1, 0.15) is 29.2 Å². The predicted octanol–water partition coefficient (Wildman–Crippen LogP) is 4.48. The molecule has 0 aromatic heterocycles. The third-order valence-electron chi connectivity index (χ3n) is 4.61. The predicted molar refractivity (Wildman–Crippen MR) is 99.7 cm³/mol. The van der Waals surface area contributed by atoms with Gasteiger partial charge in [-0.15, -0.1) is 0 Å². The van der Waals surface area contributed by atoms with Crippen LogP contribution in [0, 0.1) is 0 Å². The second-order valence-corrected chi connectivity index (χ2v) is 6.76. The van der Waals surface area contributed by atoms with E-state index in [1.54, 1.807) is 12.2 Å². The summed E-state index contributed by atoms with van der Waals surface area (Å²) in [5.41, 5.74) is 4.43. The zero-order valence-corrected chi connectivity index (χ0v) is 14.4. The molecule has 2 aliphatic rings. The van der Waals surface area contributed by atoms with Crippen LogP contribution in [0.4, 0.5) is 0 Å². The van der Waals surface area contributed by atoms with Crippen LogP contribution in [0.25, 0.3) is 6.08 Å². The van der Waals surface area contributed by atoms with Crippen molar-refractivity contribution < 1.29 is 9.53 Å². The molecule has 0 radical (unpaired) electrons. The van der Waals surface area contributed by atoms with Gasteiger partial charge in [-0.3, -0.25) is 4.79 Å². The van der Waals surface area contributed by atoms with Crippen LogP contribution in [0.3, 0.4) is 0 Å². The summed E-state index contributed by atoms with van der Waals surface area (Å²) in [7, 11) is 0. The molecule has 1 unspecified atom stereocenters. The summed E-state index contributed by atoms with van der Waals surface area (Å²) in [5.74, 6) is 0.730. The van der Waals surface area contributed by atoms with Crippen LogP contribution in [0.15, 0.2) is 60.2 Å². The van der Waals surface area contributed by atoms with Crippen LogP contribution in [0.2, 0.25) is 5.02 Å². The quantitative estimate of drug-likeness (QED) is 0.828. The standard InChI is InChI=1S/C21H18ClNO2/c22-17-7-9-20-16(12-17)11-14(13-25-20)5-10-21(24)23-19-8-6-15-3-1-2-4-18(15)19/h1-5,7,9-12,19H,6,8,13H2,(H,23,24)/b10-5+. The lowest BCUT2D eigenvalue weighted by Crippen LogP contribution is -2.25. The molecular weight excluding hydrogens is 334 g/mol. The molecule has 0 fully saturated rings. The average Bonchev–Trinajstić information content (AvgIpc) is 3.02. The molecule has 1 aliphatic carbocycles. The first-order valence-corrected chi connectivity index (χ1v) is 8.76. The Morgan fingerprint density at radius 2 is 2.12 bits per heavy atom. The van der Waals surface area contributed by atoms with Gasteiger partial charge in [0.2, 0.25) is 5.91 Å². The van der Waals surface area contributed by atoms with E-state index in [1.807, 2.05) is 36.4 Å². The second-order valence-electron chi connectivity index (χ2n) is 6.32. The average molecular weight is 352 g/mol. The van der Waals surface area contributed by atoms with Crippen molar-refractivity contribution in [2.45, 2.75) is 18.9 Å². The number of nitrogens with one attached hydrogen (secondary N) is 1. The largest absolute Gasteiger partial charge is 0.488 e. The van der Waals surface area contributed by atoms with Crippen molar-refractivity contribution in [3.63, 3.8) is 0 Å². The SMILES string of the molecule is O=C(/C=C/C1=Cc2cc(Cl)ccc2OC1)NC1CCc2ccccc21. The molecule has 2 aromatic rings. The van der Waals surface area contributed by atoms with Gasteiger partial charge in [-0.25, -0.2) is 0 Å². The van der Waals surface area contributed by atoms with Gasteiger partial charge in [0.15, 0.2) is 0 Å². The number of rotatable bonds is 3. The van der Waals surface area contributed by atoms with Crippen molar-refractivity contribution >= 4 is 23.6 Å².